The number of fused-ring (bicyclic) bond motifs is 2. The van der Waals surface area contributed by atoms with Crippen molar-refractivity contribution in [1.82, 2.24) is 29.2 Å². The van der Waals surface area contributed by atoms with Gasteiger partial charge in [0.15, 0.2) is 17.1 Å². The lowest BCUT2D eigenvalue weighted by atomic mass is 10.0. The van der Waals surface area contributed by atoms with E-state index >= 15 is 0 Å². The lowest BCUT2D eigenvalue weighted by Crippen LogP contribution is -2.71. The van der Waals surface area contributed by atoms with Crippen LogP contribution in [0.4, 0.5) is 10.9 Å². The van der Waals surface area contributed by atoms with Crippen LogP contribution in [0.3, 0.4) is 0 Å². The van der Waals surface area contributed by atoms with Crippen LogP contribution in [0.15, 0.2) is 41.0 Å². The third-order valence-corrected chi connectivity index (χ3v) is 7.37. The Bertz CT molecular complexity index is 1460. The standard InChI is InChI=1S/C19H18N10O5S2/c1-34-25-11(14-23-19(21)36-26-14)15(30)22-12-16(31)29-13(18(32)33)8(7-35-17(12)29)6-27-4-5-28-10(27)3-2-9(20)24-28/h2-5,12,17H,6-7H2,1H3,(H5-,20,21,22,23,24,26,30,32,33)/p+1/b25-11-/t12-,17-/m1/s1. The molecule has 17 heteroatoms. The Balaban J connectivity index is 1.37. The highest BCUT2D eigenvalue weighted by Gasteiger charge is 2.54. The van der Waals surface area contributed by atoms with Gasteiger partial charge in [-0.15, -0.1) is 11.8 Å². The minimum Gasteiger partial charge on any atom is -0.477 e. The van der Waals surface area contributed by atoms with E-state index in [1.54, 1.807) is 29.0 Å². The normalized spacial score (nSPS) is 19.8. The van der Waals surface area contributed by atoms with Crippen molar-refractivity contribution in [3.63, 3.8) is 0 Å². The molecule has 5 rings (SSSR count). The van der Waals surface area contributed by atoms with E-state index in [1.165, 1.54) is 23.8 Å². The van der Waals surface area contributed by atoms with Crippen molar-refractivity contribution in [3.05, 3.63) is 41.6 Å². The largest absolute Gasteiger partial charge is 0.477 e. The Morgan fingerprint density at radius 2 is 2.19 bits per heavy atom. The molecule has 36 heavy (non-hydrogen) atoms. The van der Waals surface area contributed by atoms with E-state index in [9.17, 15) is 19.5 Å². The Kier molecular flexibility index (Phi) is 5.92. The molecule has 0 bridgehead atoms. The van der Waals surface area contributed by atoms with Gasteiger partial charge in [0.25, 0.3) is 11.8 Å². The fourth-order valence-corrected chi connectivity index (χ4v) is 5.73. The number of rotatable bonds is 7. The number of aliphatic carboxylic acids is 1. The Labute approximate surface area is 210 Å². The molecule has 2 aliphatic rings. The first-order chi connectivity index (χ1) is 17.3. The number of anilines is 2. The number of amides is 2. The molecular weight excluding hydrogens is 512 g/mol. The zero-order valence-corrected chi connectivity index (χ0v) is 20.2. The number of carbonyl (C=O) groups excluding carboxylic acids is 2. The van der Waals surface area contributed by atoms with Crippen LogP contribution in [0.2, 0.25) is 0 Å². The van der Waals surface area contributed by atoms with Gasteiger partial charge in [-0.3, -0.25) is 14.5 Å². The van der Waals surface area contributed by atoms with Crippen molar-refractivity contribution in [1.29, 1.82) is 0 Å². The average molecular weight is 532 g/mol. The maximum Gasteiger partial charge on any atom is 0.352 e. The number of hydrogen-bond acceptors (Lipinski definition) is 12. The average Bonchev–Trinajstić information content (AvgIpc) is 3.45. The first-order valence-corrected chi connectivity index (χ1v) is 12.2. The third-order valence-electron chi connectivity index (χ3n) is 5.49. The zero-order chi connectivity index (χ0) is 25.6. The SMILES string of the molecule is CO/N=C(\C(=O)N[C@@H]1C(=O)N2C(C(=O)O)=C(C[n+]3ccn4nc(N)ccc43)CS[C@H]12)c1nsc(N)n1. The molecule has 1 saturated heterocycles. The number of nitrogens with one attached hydrogen (secondary N) is 1. The minimum absolute atomic E-state index is 0.0433. The van der Waals surface area contributed by atoms with Gasteiger partial charge in [-0.05, 0) is 6.07 Å². The van der Waals surface area contributed by atoms with Gasteiger partial charge in [-0.2, -0.15) is 9.36 Å². The molecular formula is C19H19N10O5S2+. The number of imidazole rings is 1. The predicted octanol–water partition coefficient (Wildman–Crippen LogP) is -1.57. The van der Waals surface area contributed by atoms with E-state index in [2.05, 4.69) is 24.9 Å². The van der Waals surface area contributed by atoms with Gasteiger partial charge >= 0.3 is 11.6 Å². The highest BCUT2D eigenvalue weighted by atomic mass is 32.2. The monoisotopic (exact) mass is 531 g/mol. The molecule has 2 amide bonds. The fraction of sp³-hybridized carbons (Fsp3) is 0.263. The number of carboxylic acids is 1. The molecule has 2 atom stereocenters. The molecule has 0 unspecified atom stereocenters. The van der Waals surface area contributed by atoms with Crippen LogP contribution < -0.4 is 21.4 Å². The molecule has 3 aromatic heterocycles. The van der Waals surface area contributed by atoms with Crippen molar-refractivity contribution >= 4 is 63.4 Å². The van der Waals surface area contributed by atoms with Crippen LogP contribution in [0, 0.1) is 0 Å². The Hall–Kier alpha value is -4.25. The quantitative estimate of drug-likeness (QED) is 0.118. The van der Waals surface area contributed by atoms with Crippen LogP contribution in [0.25, 0.3) is 5.65 Å². The van der Waals surface area contributed by atoms with Gasteiger partial charge in [0.2, 0.25) is 11.5 Å². The second-order valence-corrected chi connectivity index (χ2v) is 9.57. The molecule has 186 valence electrons. The van der Waals surface area contributed by atoms with Crippen molar-refractivity contribution in [2.75, 3.05) is 24.3 Å². The molecule has 0 saturated carbocycles. The lowest BCUT2D eigenvalue weighted by molar-refractivity contribution is -0.662. The third kappa shape index (κ3) is 3.97. The highest BCUT2D eigenvalue weighted by Crippen LogP contribution is 2.40. The van der Waals surface area contributed by atoms with Gasteiger partial charge < -0.3 is 26.7 Å². The maximum atomic E-state index is 13.0. The van der Waals surface area contributed by atoms with Gasteiger partial charge in [-0.1, -0.05) is 14.8 Å². The number of nitrogens with zero attached hydrogens (tertiary/aromatic N) is 7. The summed E-state index contributed by atoms with van der Waals surface area (Å²) in [5.41, 5.74) is 12.2. The second kappa shape index (κ2) is 9.08. The first-order valence-electron chi connectivity index (χ1n) is 10.3. The molecule has 0 aromatic carbocycles. The van der Waals surface area contributed by atoms with Crippen molar-refractivity contribution in [2.45, 2.75) is 18.0 Å². The lowest BCUT2D eigenvalue weighted by Gasteiger charge is -2.49. The van der Waals surface area contributed by atoms with Crippen LogP contribution in [0.5, 0.6) is 0 Å². The number of hydrogen-bond donors (Lipinski definition) is 4. The van der Waals surface area contributed by atoms with Crippen LogP contribution in [-0.4, -0.2) is 76.8 Å². The zero-order valence-electron chi connectivity index (χ0n) is 18.6. The van der Waals surface area contributed by atoms with Crippen molar-refractivity contribution in [3.8, 4) is 0 Å². The summed E-state index contributed by atoms with van der Waals surface area (Å²) >= 11 is 2.22. The van der Waals surface area contributed by atoms with E-state index in [4.69, 9.17) is 16.3 Å². The summed E-state index contributed by atoms with van der Waals surface area (Å²) in [6.45, 7) is 0.228. The van der Waals surface area contributed by atoms with E-state index in [-0.39, 0.29) is 28.9 Å². The molecule has 3 aromatic rings. The molecule has 6 N–H and O–H groups in total. The summed E-state index contributed by atoms with van der Waals surface area (Å²) in [5.74, 6) is -1.90. The van der Waals surface area contributed by atoms with E-state index in [1.807, 2.05) is 4.57 Å². The van der Waals surface area contributed by atoms with Crippen molar-refractivity contribution < 1.29 is 28.9 Å². The molecule has 0 aliphatic carbocycles. The molecule has 0 spiro atoms. The summed E-state index contributed by atoms with van der Waals surface area (Å²) in [5, 5.41) is 19.9. The number of aromatic nitrogens is 5. The molecule has 0 radical (unpaired) electrons. The molecule has 5 heterocycles. The number of β-lactam (4-membered cyclic amide) rings is 1. The summed E-state index contributed by atoms with van der Waals surface area (Å²) in [4.78, 5) is 47.9. The minimum atomic E-state index is -1.23. The summed E-state index contributed by atoms with van der Waals surface area (Å²) in [6.07, 6.45) is 3.46. The van der Waals surface area contributed by atoms with Crippen LogP contribution in [-0.2, 0) is 25.8 Å². The molecule has 15 nitrogen and oxygen atoms in total. The van der Waals surface area contributed by atoms with E-state index < -0.39 is 29.2 Å². The smallest absolute Gasteiger partial charge is 0.352 e. The van der Waals surface area contributed by atoms with E-state index in [0.717, 1.165) is 11.5 Å². The van der Waals surface area contributed by atoms with Gasteiger partial charge in [0, 0.05) is 28.9 Å². The number of oxime groups is 1. The highest BCUT2D eigenvalue weighted by molar-refractivity contribution is 8.00. The van der Waals surface area contributed by atoms with Crippen molar-refractivity contribution in [2.24, 2.45) is 5.16 Å². The Morgan fingerprint density at radius 3 is 2.89 bits per heavy atom. The topological polar surface area (TPSA) is 207 Å². The second-order valence-electron chi connectivity index (χ2n) is 7.68. The summed E-state index contributed by atoms with van der Waals surface area (Å²) in [7, 11) is 1.25. The molecule has 2 aliphatic heterocycles. The Morgan fingerprint density at radius 1 is 1.39 bits per heavy atom. The van der Waals surface area contributed by atoms with Gasteiger partial charge in [-0.25, -0.2) is 9.36 Å². The van der Waals surface area contributed by atoms with Gasteiger partial charge in [0.1, 0.15) is 37.0 Å². The number of carboxylic acid groups (broad SMARTS) is 1. The predicted molar refractivity (Wildman–Crippen MR) is 127 cm³/mol. The maximum absolute atomic E-state index is 13.0. The van der Waals surface area contributed by atoms with Crippen LogP contribution in [0.1, 0.15) is 5.82 Å². The molecule has 1 fully saturated rings. The summed E-state index contributed by atoms with van der Waals surface area (Å²) < 4.78 is 7.34. The van der Waals surface area contributed by atoms with Gasteiger partial charge in [0.05, 0.1) is 0 Å². The summed E-state index contributed by atoms with van der Waals surface area (Å²) in [6, 6.07) is 2.45. The van der Waals surface area contributed by atoms with Crippen LogP contribution >= 0.6 is 23.3 Å². The number of thioether (sulfide) groups is 1. The van der Waals surface area contributed by atoms with E-state index in [0.29, 0.717) is 22.8 Å². The first kappa shape index (κ1) is 23.5. The number of nitrogen functional groups attached to an aromatic ring is 2. The fourth-order valence-electron chi connectivity index (χ4n) is 3.96. The number of nitrogens with two attached hydrogens (primary N) is 2. The number of carbonyl (C=O) groups is 3.